The first-order chi connectivity index (χ1) is 15.1. The van der Waals surface area contributed by atoms with Crippen molar-refractivity contribution in [3.8, 4) is 0 Å². The summed E-state index contributed by atoms with van der Waals surface area (Å²) in [5, 5.41) is 35.1. The van der Waals surface area contributed by atoms with E-state index in [1.807, 2.05) is 0 Å². The molecule has 0 spiro atoms. The molecule has 4 unspecified atom stereocenters. The highest BCUT2D eigenvalue weighted by atomic mass is 16.4. The topological polar surface area (TPSA) is 226 Å². The van der Waals surface area contributed by atoms with E-state index in [0.29, 0.717) is 12.8 Å². The average molecular weight is 461 g/mol. The molecule has 0 aliphatic heterocycles. The summed E-state index contributed by atoms with van der Waals surface area (Å²) in [5.74, 6) is -2.99. The number of hydrogen-bond donors (Lipinski definition) is 9. The highest BCUT2D eigenvalue weighted by molar-refractivity contribution is 5.70. The molecule has 186 valence electrons. The van der Waals surface area contributed by atoms with Crippen LogP contribution >= 0.6 is 0 Å². The van der Waals surface area contributed by atoms with E-state index >= 15 is 0 Å². The molecule has 0 aromatic heterocycles. The molecule has 4 atom stereocenters. The summed E-state index contributed by atoms with van der Waals surface area (Å²) in [7, 11) is 0. The lowest BCUT2D eigenvalue weighted by Gasteiger charge is -2.33. The Labute approximate surface area is 188 Å². The zero-order valence-electron chi connectivity index (χ0n) is 18.5. The Kier molecular flexibility index (Phi) is 13.3. The van der Waals surface area contributed by atoms with Crippen LogP contribution in [-0.4, -0.2) is 89.1 Å². The lowest BCUT2D eigenvalue weighted by atomic mass is 9.98. The maximum Gasteiger partial charge on any atom is 0.317 e. The lowest BCUT2D eigenvalue weighted by Crippen LogP contribution is -2.59. The quantitative estimate of drug-likeness (QED) is 0.174. The molecular weight excluding hydrogens is 420 g/mol. The van der Waals surface area contributed by atoms with Crippen molar-refractivity contribution < 1.29 is 29.7 Å². The predicted octanol–water partition coefficient (Wildman–Crippen LogP) is -1.77. The fourth-order valence-corrected chi connectivity index (χ4v) is 4.22. The fourth-order valence-electron chi connectivity index (χ4n) is 4.22. The van der Waals surface area contributed by atoms with Gasteiger partial charge in [-0.15, -0.1) is 0 Å². The van der Waals surface area contributed by atoms with Gasteiger partial charge < -0.3 is 48.5 Å². The van der Waals surface area contributed by atoms with Crippen molar-refractivity contribution in [1.29, 1.82) is 0 Å². The van der Waals surface area contributed by atoms with Crippen LogP contribution in [0.2, 0.25) is 0 Å². The molecule has 2 aliphatic carbocycles. The first-order valence-corrected chi connectivity index (χ1v) is 11.2. The van der Waals surface area contributed by atoms with Crippen molar-refractivity contribution >= 4 is 17.9 Å². The van der Waals surface area contributed by atoms with Gasteiger partial charge in [0.1, 0.15) is 0 Å². The number of nitrogens with two attached hydrogens (primary N) is 3. The minimum atomic E-state index is -1.02. The van der Waals surface area contributed by atoms with Crippen LogP contribution in [0.4, 0.5) is 0 Å². The first kappa shape index (κ1) is 28.2. The molecule has 12 heteroatoms. The number of carbonyl (C=O) groups is 3. The van der Waals surface area contributed by atoms with Crippen LogP contribution in [0.3, 0.4) is 0 Å². The second kappa shape index (κ2) is 15.1. The summed E-state index contributed by atoms with van der Waals surface area (Å²) < 4.78 is 0. The summed E-state index contributed by atoms with van der Waals surface area (Å²) in [5.41, 5.74) is 17.3. The summed E-state index contributed by atoms with van der Waals surface area (Å²) in [6.45, 7) is -0.704. The summed E-state index contributed by atoms with van der Waals surface area (Å²) in [4.78, 5) is 32.2. The van der Waals surface area contributed by atoms with Crippen LogP contribution in [0.15, 0.2) is 0 Å². The second-order valence-corrected chi connectivity index (χ2v) is 8.54. The van der Waals surface area contributed by atoms with Gasteiger partial charge in [0.2, 0.25) is 0 Å². The predicted molar refractivity (Wildman–Crippen MR) is 119 cm³/mol. The van der Waals surface area contributed by atoms with Crippen LogP contribution in [-0.2, 0) is 14.4 Å². The molecule has 0 amide bonds. The molecule has 12 N–H and O–H groups in total. The number of rotatable bonds is 9. The zero-order chi connectivity index (χ0) is 24.1. The Morgan fingerprint density at radius 1 is 0.625 bits per heavy atom. The zero-order valence-corrected chi connectivity index (χ0v) is 18.5. The molecule has 0 radical (unpaired) electrons. The number of nitrogens with one attached hydrogen (secondary N) is 3. The van der Waals surface area contributed by atoms with E-state index in [0.717, 1.165) is 25.7 Å². The molecule has 0 bridgehead atoms. The van der Waals surface area contributed by atoms with Gasteiger partial charge in [-0.25, -0.2) is 0 Å². The SMILES string of the molecule is NC1CCCCC(N)C1N.O=C(O)CNC1CCCCC(NCC(=O)O)C1NCC(=O)O. The summed E-state index contributed by atoms with van der Waals surface area (Å²) in [6.07, 6.45) is 7.59. The number of aliphatic carboxylic acids is 3. The molecule has 0 heterocycles. The smallest absolute Gasteiger partial charge is 0.317 e. The molecular formula is C20H40N6O6. The Balaban J connectivity index is 0.000000425. The standard InChI is InChI=1S/C13H23N3O6.C7H17N3/c17-10(18)5-14-8-3-1-2-4-9(15-6-11(19)20)13(8)16-7-12(21)22;8-5-3-1-2-4-6(9)7(5)10/h8-9,13-16H,1-7H2,(H,17,18)(H,19,20)(H,21,22);5-7H,1-4,8-10H2. The minimum Gasteiger partial charge on any atom is -0.480 e. The second-order valence-electron chi connectivity index (χ2n) is 8.54. The van der Waals surface area contributed by atoms with E-state index in [9.17, 15) is 14.4 Å². The van der Waals surface area contributed by atoms with Gasteiger partial charge in [0.15, 0.2) is 0 Å². The molecule has 0 aromatic rings. The summed E-state index contributed by atoms with van der Waals surface area (Å²) in [6, 6.07) is -0.553. The minimum absolute atomic E-state index is 0.0162. The lowest BCUT2D eigenvalue weighted by molar-refractivity contribution is -0.137. The van der Waals surface area contributed by atoms with Gasteiger partial charge >= 0.3 is 17.9 Å². The van der Waals surface area contributed by atoms with E-state index in [-0.39, 0.29) is 55.9 Å². The van der Waals surface area contributed by atoms with E-state index in [1.165, 1.54) is 12.8 Å². The Morgan fingerprint density at radius 2 is 0.969 bits per heavy atom. The third kappa shape index (κ3) is 11.2. The normalized spacial score (nSPS) is 30.8. The molecule has 0 saturated heterocycles. The third-order valence-electron chi connectivity index (χ3n) is 5.98. The van der Waals surface area contributed by atoms with Crippen molar-refractivity contribution in [2.24, 2.45) is 17.2 Å². The highest BCUT2D eigenvalue weighted by Crippen LogP contribution is 2.19. The maximum atomic E-state index is 10.8. The van der Waals surface area contributed by atoms with Crippen molar-refractivity contribution in [2.45, 2.75) is 87.6 Å². The molecule has 2 saturated carbocycles. The van der Waals surface area contributed by atoms with E-state index in [4.69, 9.17) is 32.5 Å². The first-order valence-electron chi connectivity index (χ1n) is 11.2. The third-order valence-corrected chi connectivity index (χ3v) is 5.98. The van der Waals surface area contributed by atoms with Crippen LogP contribution in [0.1, 0.15) is 51.4 Å². The van der Waals surface area contributed by atoms with Crippen LogP contribution < -0.4 is 33.2 Å². The Hall–Kier alpha value is -1.83. The van der Waals surface area contributed by atoms with Gasteiger partial charge in [0, 0.05) is 36.3 Å². The monoisotopic (exact) mass is 460 g/mol. The van der Waals surface area contributed by atoms with Crippen molar-refractivity contribution in [2.75, 3.05) is 19.6 Å². The highest BCUT2D eigenvalue weighted by Gasteiger charge is 2.32. The van der Waals surface area contributed by atoms with Gasteiger partial charge in [0.25, 0.3) is 0 Å². The van der Waals surface area contributed by atoms with Crippen molar-refractivity contribution in [3.05, 3.63) is 0 Å². The molecule has 2 aliphatic rings. The van der Waals surface area contributed by atoms with Gasteiger partial charge in [0.05, 0.1) is 19.6 Å². The van der Waals surface area contributed by atoms with E-state index < -0.39 is 17.9 Å². The van der Waals surface area contributed by atoms with Gasteiger partial charge in [-0.05, 0) is 25.7 Å². The average Bonchev–Trinajstić information content (AvgIpc) is 3.00. The van der Waals surface area contributed by atoms with Gasteiger partial charge in [-0.3, -0.25) is 14.4 Å². The van der Waals surface area contributed by atoms with Gasteiger partial charge in [-0.2, -0.15) is 0 Å². The summed E-state index contributed by atoms with van der Waals surface area (Å²) >= 11 is 0. The Morgan fingerprint density at radius 3 is 1.34 bits per heavy atom. The van der Waals surface area contributed by atoms with Crippen molar-refractivity contribution in [1.82, 2.24) is 16.0 Å². The van der Waals surface area contributed by atoms with Crippen LogP contribution in [0.25, 0.3) is 0 Å². The largest absolute Gasteiger partial charge is 0.480 e. The molecule has 12 nitrogen and oxygen atoms in total. The Bertz CT molecular complexity index is 555. The molecule has 2 fully saturated rings. The number of hydrogen-bond acceptors (Lipinski definition) is 9. The number of carboxylic acid groups (broad SMARTS) is 3. The van der Waals surface area contributed by atoms with Gasteiger partial charge in [-0.1, -0.05) is 25.7 Å². The van der Waals surface area contributed by atoms with E-state index in [1.54, 1.807) is 0 Å². The molecule has 32 heavy (non-hydrogen) atoms. The number of carboxylic acids is 3. The van der Waals surface area contributed by atoms with Crippen LogP contribution in [0.5, 0.6) is 0 Å². The maximum absolute atomic E-state index is 10.8. The van der Waals surface area contributed by atoms with Crippen molar-refractivity contribution in [3.63, 3.8) is 0 Å². The molecule has 0 aromatic carbocycles. The van der Waals surface area contributed by atoms with Crippen LogP contribution in [0, 0.1) is 0 Å². The fraction of sp³-hybridized carbons (Fsp3) is 0.850. The van der Waals surface area contributed by atoms with E-state index in [2.05, 4.69) is 16.0 Å². The molecule has 2 rings (SSSR count).